The van der Waals surface area contributed by atoms with Crippen LogP contribution in [0.15, 0.2) is 22.9 Å². The van der Waals surface area contributed by atoms with Crippen LogP contribution in [0, 0.1) is 12.7 Å². The second-order valence-electron chi connectivity index (χ2n) is 4.12. The monoisotopic (exact) mass is 325 g/mol. The molecule has 0 unspecified atom stereocenters. The summed E-state index contributed by atoms with van der Waals surface area (Å²) in [6.45, 7) is 4.46. The Morgan fingerprint density at radius 1 is 1.53 bits per heavy atom. The summed E-state index contributed by atoms with van der Waals surface area (Å²) in [5.74, 6) is -0.877. The predicted molar refractivity (Wildman–Crippen MR) is 72.6 cm³/mol. The van der Waals surface area contributed by atoms with Gasteiger partial charge in [0.1, 0.15) is 0 Å². The lowest BCUT2D eigenvalue weighted by molar-refractivity contribution is 0.0986. The maximum Gasteiger partial charge on any atom is 0.171 e. The van der Waals surface area contributed by atoms with Gasteiger partial charge in [-0.05, 0) is 35.8 Å². The highest BCUT2D eigenvalue weighted by atomic mass is 79.9. The molecular formula is C13H13BrFN3O. The number of halogens is 2. The Hall–Kier alpha value is -1.56. The van der Waals surface area contributed by atoms with Crippen molar-refractivity contribution >= 4 is 21.7 Å². The van der Waals surface area contributed by atoms with E-state index < -0.39 is 5.82 Å². The SMILES string of the molecule is CCn1nc(C)c(Br)c1CC(=O)c1ccncc1F. The van der Waals surface area contributed by atoms with Gasteiger partial charge in [-0.25, -0.2) is 4.39 Å². The quantitative estimate of drug-likeness (QED) is 0.812. The van der Waals surface area contributed by atoms with Gasteiger partial charge in [0.05, 0.1) is 34.0 Å². The standard InChI is InChI=1S/C13H13BrFN3O/c1-3-18-11(13(14)8(2)17-18)6-12(19)9-4-5-16-7-10(9)15/h4-5,7H,3,6H2,1-2H3. The van der Waals surface area contributed by atoms with Crippen LogP contribution in [0.3, 0.4) is 0 Å². The van der Waals surface area contributed by atoms with Gasteiger partial charge in [-0.2, -0.15) is 5.10 Å². The number of aryl methyl sites for hydroxylation is 2. The van der Waals surface area contributed by atoms with Crippen LogP contribution in [-0.4, -0.2) is 20.5 Å². The van der Waals surface area contributed by atoms with Crippen LogP contribution >= 0.6 is 15.9 Å². The van der Waals surface area contributed by atoms with Crippen LogP contribution in [0.4, 0.5) is 4.39 Å². The van der Waals surface area contributed by atoms with Crippen LogP contribution < -0.4 is 0 Å². The maximum atomic E-state index is 13.5. The number of ketones is 1. The summed E-state index contributed by atoms with van der Waals surface area (Å²) < 4.78 is 16.1. The first-order valence-electron chi connectivity index (χ1n) is 5.89. The summed E-state index contributed by atoms with van der Waals surface area (Å²) in [6.07, 6.45) is 2.56. The zero-order valence-corrected chi connectivity index (χ0v) is 12.2. The highest BCUT2D eigenvalue weighted by molar-refractivity contribution is 9.10. The van der Waals surface area contributed by atoms with Gasteiger partial charge in [0.25, 0.3) is 0 Å². The van der Waals surface area contributed by atoms with Crippen molar-refractivity contribution < 1.29 is 9.18 Å². The minimum atomic E-state index is -0.595. The Labute approximate surface area is 118 Å². The smallest absolute Gasteiger partial charge is 0.171 e. The molecule has 0 spiro atoms. The third kappa shape index (κ3) is 2.73. The lowest BCUT2D eigenvalue weighted by Crippen LogP contribution is -2.11. The Morgan fingerprint density at radius 2 is 2.26 bits per heavy atom. The van der Waals surface area contributed by atoms with E-state index in [4.69, 9.17) is 0 Å². The summed E-state index contributed by atoms with van der Waals surface area (Å²) in [5, 5.41) is 4.31. The highest BCUT2D eigenvalue weighted by Gasteiger charge is 2.18. The van der Waals surface area contributed by atoms with E-state index in [0.29, 0.717) is 6.54 Å². The average Bonchev–Trinajstić information content (AvgIpc) is 2.67. The van der Waals surface area contributed by atoms with Gasteiger partial charge in [0, 0.05) is 12.7 Å². The van der Waals surface area contributed by atoms with Crippen molar-refractivity contribution in [2.45, 2.75) is 26.8 Å². The van der Waals surface area contributed by atoms with E-state index in [9.17, 15) is 9.18 Å². The summed E-state index contributed by atoms with van der Waals surface area (Å²) in [6, 6.07) is 1.39. The molecule has 0 fully saturated rings. The molecule has 2 rings (SSSR count). The first-order chi connectivity index (χ1) is 9.04. The zero-order chi connectivity index (χ0) is 14.0. The largest absolute Gasteiger partial charge is 0.294 e. The van der Waals surface area contributed by atoms with Crippen molar-refractivity contribution in [3.8, 4) is 0 Å². The van der Waals surface area contributed by atoms with Crippen LogP contribution in [-0.2, 0) is 13.0 Å². The molecule has 0 radical (unpaired) electrons. The molecular weight excluding hydrogens is 313 g/mol. The van der Waals surface area contributed by atoms with Crippen LogP contribution in [0.1, 0.15) is 28.7 Å². The number of carbonyl (C=O) groups is 1. The van der Waals surface area contributed by atoms with E-state index in [1.54, 1.807) is 4.68 Å². The molecule has 19 heavy (non-hydrogen) atoms. The fourth-order valence-corrected chi connectivity index (χ4v) is 2.31. The summed E-state index contributed by atoms with van der Waals surface area (Å²) in [5.41, 5.74) is 1.64. The molecule has 4 nitrogen and oxygen atoms in total. The van der Waals surface area contributed by atoms with Gasteiger partial charge < -0.3 is 0 Å². The number of carbonyl (C=O) groups excluding carboxylic acids is 1. The first-order valence-corrected chi connectivity index (χ1v) is 6.68. The number of hydrogen-bond acceptors (Lipinski definition) is 3. The third-order valence-electron chi connectivity index (χ3n) is 2.85. The van der Waals surface area contributed by atoms with E-state index in [2.05, 4.69) is 26.0 Å². The summed E-state index contributed by atoms with van der Waals surface area (Å²) >= 11 is 3.42. The highest BCUT2D eigenvalue weighted by Crippen LogP contribution is 2.23. The molecule has 0 saturated carbocycles. The number of hydrogen-bond donors (Lipinski definition) is 0. The molecule has 6 heteroatoms. The normalized spacial score (nSPS) is 10.7. The molecule has 2 aromatic heterocycles. The van der Waals surface area contributed by atoms with E-state index >= 15 is 0 Å². The van der Waals surface area contributed by atoms with Crippen molar-refractivity contribution in [1.29, 1.82) is 0 Å². The molecule has 100 valence electrons. The van der Waals surface area contributed by atoms with E-state index in [1.807, 2.05) is 13.8 Å². The van der Waals surface area contributed by atoms with Crippen LogP contribution in [0.5, 0.6) is 0 Å². The second kappa shape index (κ2) is 5.61. The number of pyridine rings is 1. The molecule has 0 bridgehead atoms. The molecule has 0 saturated heterocycles. The Balaban J connectivity index is 2.32. The van der Waals surface area contributed by atoms with Crippen LogP contribution in [0.2, 0.25) is 0 Å². The van der Waals surface area contributed by atoms with Crippen LogP contribution in [0.25, 0.3) is 0 Å². The topological polar surface area (TPSA) is 47.8 Å². The number of nitrogens with zero attached hydrogens (tertiary/aromatic N) is 3. The Bertz CT molecular complexity index is 624. The third-order valence-corrected chi connectivity index (χ3v) is 3.89. The van der Waals surface area contributed by atoms with Gasteiger partial charge in [-0.3, -0.25) is 14.5 Å². The Morgan fingerprint density at radius 3 is 2.89 bits per heavy atom. The molecule has 0 aliphatic carbocycles. The fraction of sp³-hybridized carbons (Fsp3) is 0.308. The van der Waals surface area contributed by atoms with Gasteiger partial charge >= 0.3 is 0 Å². The summed E-state index contributed by atoms with van der Waals surface area (Å²) in [7, 11) is 0. The van der Waals surface area contributed by atoms with Crippen molar-refractivity contribution in [1.82, 2.24) is 14.8 Å². The van der Waals surface area contributed by atoms with Gasteiger partial charge in [-0.1, -0.05) is 0 Å². The van der Waals surface area contributed by atoms with Gasteiger partial charge in [0.2, 0.25) is 0 Å². The second-order valence-corrected chi connectivity index (χ2v) is 4.91. The van der Waals surface area contributed by atoms with E-state index in [0.717, 1.165) is 22.1 Å². The molecule has 2 aromatic rings. The molecule has 0 aromatic carbocycles. The lowest BCUT2D eigenvalue weighted by atomic mass is 10.1. The summed E-state index contributed by atoms with van der Waals surface area (Å²) in [4.78, 5) is 15.8. The van der Waals surface area contributed by atoms with E-state index in [1.165, 1.54) is 12.3 Å². The first kappa shape index (κ1) is 13.9. The molecule has 2 heterocycles. The zero-order valence-electron chi connectivity index (χ0n) is 10.7. The lowest BCUT2D eigenvalue weighted by Gasteiger charge is -2.05. The molecule has 0 aliphatic rings. The molecule has 0 N–H and O–H groups in total. The molecule has 0 amide bonds. The fourth-order valence-electron chi connectivity index (χ4n) is 1.89. The molecule has 0 atom stereocenters. The number of Topliss-reactive ketones (excluding diaryl/α,β-unsaturated/α-hetero) is 1. The Kier molecular flexibility index (Phi) is 4.09. The predicted octanol–water partition coefficient (Wildman–Crippen LogP) is 2.93. The van der Waals surface area contributed by atoms with Crippen molar-refractivity contribution in [3.63, 3.8) is 0 Å². The van der Waals surface area contributed by atoms with E-state index in [-0.39, 0.29) is 17.8 Å². The van der Waals surface area contributed by atoms with Gasteiger partial charge in [-0.15, -0.1) is 0 Å². The number of aromatic nitrogens is 3. The number of rotatable bonds is 4. The van der Waals surface area contributed by atoms with Crippen molar-refractivity contribution in [2.75, 3.05) is 0 Å². The molecule has 0 aliphatic heterocycles. The van der Waals surface area contributed by atoms with Crippen molar-refractivity contribution in [2.24, 2.45) is 0 Å². The average molecular weight is 326 g/mol. The van der Waals surface area contributed by atoms with Crippen molar-refractivity contribution in [3.05, 3.63) is 45.7 Å². The maximum absolute atomic E-state index is 13.5. The minimum Gasteiger partial charge on any atom is -0.294 e. The van der Waals surface area contributed by atoms with Gasteiger partial charge in [0.15, 0.2) is 11.6 Å². The minimum absolute atomic E-state index is 0.0587.